The van der Waals surface area contributed by atoms with Gasteiger partial charge in [0.1, 0.15) is 0 Å². The average Bonchev–Trinajstić information content (AvgIpc) is 3.15. The molecule has 3 rings (SSSR count). The number of carbonyl (C=O) groups excluding carboxylic acids is 1. The molecule has 1 amide bonds. The zero-order valence-corrected chi connectivity index (χ0v) is 18.5. The lowest BCUT2D eigenvalue weighted by Gasteiger charge is -2.21. The highest BCUT2D eigenvalue weighted by atomic mass is 35.5. The number of hydrogen-bond acceptors (Lipinski definition) is 5. The van der Waals surface area contributed by atoms with Crippen LogP contribution in [0.15, 0.2) is 58.8 Å². The summed E-state index contributed by atoms with van der Waals surface area (Å²) in [5.41, 5.74) is 1.67. The Kier molecular flexibility index (Phi) is 6.38. The SMILES string of the molecule is CC(C)N(C)S(=O)(=O)c1cccc(C(=O)Nc2nc(-c3ccccc3Cl)cs2)c1. The summed E-state index contributed by atoms with van der Waals surface area (Å²) in [7, 11) is -2.17. The molecule has 0 aliphatic carbocycles. The van der Waals surface area contributed by atoms with Gasteiger partial charge >= 0.3 is 0 Å². The van der Waals surface area contributed by atoms with Crippen LogP contribution < -0.4 is 5.32 Å². The fourth-order valence-electron chi connectivity index (χ4n) is 2.53. The van der Waals surface area contributed by atoms with E-state index in [9.17, 15) is 13.2 Å². The van der Waals surface area contributed by atoms with Crippen molar-refractivity contribution in [3.05, 3.63) is 64.5 Å². The number of nitrogens with zero attached hydrogens (tertiary/aromatic N) is 2. The number of hydrogen-bond donors (Lipinski definition) is 1. The van der Waals surface area contributed by atoms with Crippen molar-refractivity contribution in [2.75, 3.05) is 12.4 Å². The second-order valence-corrected chi connectivity index (χ2v) is 9.88. The van der Waals surface area contributed by atoms with Crippen LogP contribution in [0.4, 0.5) is 5.13 Å². The van der Waals surface area contributed by atoms with Crippen LogP contribution in [-0.2, 0) is 10.0 Å². The fourth-order valence-corrected chi connectivity index (χ4v) is 4.89. The molecule has 1 heterocycles. The molecule has 1 N–H and O–H groups in total. The summed E-state index contributed by atoms with van der Waals surface area (Å²) in [6.07, 6.45) is 0. The third-order valence-electron chi connectivity index (χ3n) is 4.37. The monoisotopic (exact) mass is 449 g/mol. The number of carbonyl (C=O) groups is 1. The summed E-state index contributed by atoms with van der Waals surface area (Å²) in [5, 5.41) is 5.49. The Balaban J connectivity index is 1.82. The first kappa shape index (κ1) is 21.4. The van der Waals surface area contributed by atoms with Crippen LogP contribution in [0.3, 0.4) is 0 Å². The number of rotatable bonds is 6. The number of anilines is 1. The lowest BCUT2D eigenvalue weighted by molar-refractivity contribution is 0.102. The van der Waals surface area contributed by atoms with Gasteiger partial charge in [0, 0.05) is 34.6 Å². The molecular weight excluding hydrogens is 430 g/mol. The summed E-state index contributed by atoms with van der Waals surface area (Å²) in [6, 6.07) is 13.1. The number of thiazole rings is 1. The van der Waals surface area contributed by atoms with Gasteiger partial charge < -0.3 is 0 Å². The van der Waals surface area contributed by atoms with E-state index in [2.05, 4.69) is 10.3 Å². The maximum Gasteiger partial charge on any atom is 0.257 e. The van der Waals surface area contributed by atoms with Gasteiger partial charge in [-0.15, -0.1) is 11.3 Å². The largest absolute Gasteiger partial charge is 0.298 e. The third kappa shape index (κ3) is 4.67. The zero-order valence-electron chi connectivity index (χ0n) is 16.1. The van der Waals surface area contributed by atoms with Crippen molar-refractivity contribution in [1.29, 1.82) is 0 Å². The van der Waals surface area contributed by atoms with E-state index >= 15 is 0 Å². The van der Waals surface area contributed by atoms with Crippen LogP contribution in [0.5, 0.6) is 0 Å². The Labute approximate surface area is 179 Å². The summed E-state index contributed by atoms with van der Waals surface area (Å²) in [5.74, 6) is -0.436. The molecule has 0 bridgehead atoms. The molecule has 0 aliphatic heterocycles. The number of sulfonamides is 1. The predicted molar refractivity (Wildman–Crippen MR) is 117 cm³/mol. The van der Waals surface area contributed by atoms with Crippen LogP contribution in [0.25, 0.3) is 11.3 Å². The van der Waals surface area contributed by atoms with Crippen LogP contribution in [0, 0.1) is 0 Å². The summed E-state index contributed by atoms with van der Waals surface area (Å²) in [6.45, 7) is 3.57. The number of benzene rings is 2. The Morgan fingerprint density at radius 1 is 1.17 bits per heavy atom. The van der Waals surface area contributed by atoms with Crippen molar-refractivity contribution in [2.45, 2.75) is 24.8 Å². The molecule has 6 nitrogen and oxygen atoms in total. The van der Waals surface area contributed by atoms with Gasteiger partial charge in [-0.3, -0.25) is 10.1 Å². The van der Waals surface area contributed by atoms with E-state index in [0.29, 0.717) is 15.8 Å². The van der Waals surface area contributed by atoms with Crippen molar-refractivity contribution < 1.29 is 13.2 Å². The number of aromatic nitrogens is 1. The van der Waals surface area contributed by atoms with Gasteiger partial charge in [0.15, 0.2) is 5.13 Å². The van der Waals surface area contributed by atoms with Gasteiger partial charge in [-0.05, 0) is 38.1 Å². The van der Waals surface area contributed by atoms with E-state index < -0.39 is 15.9 Å². The second-order valence-electron chi connectivity index (χ2n) is 6.61. The van der Waals surface area contributed by atoms with Crippen LogP contribution in [0.2, 0.25) is 5.02 Å². The standard InChI is InChI=1S/C20H20ClN3O3S2/c1-13(2)24(3)29(26,27)15-8-6-7-14(11-15)19(25)23-20-22-18(12-28-20)16-9-4-5-10-17(16)21/h4-13H,1-3H3,(H,22,23,25). The molecule has 2 aromatic carbocycles. The highest BCUT2D eigenvalue weighted by Gasteiger charge is 2.24. The Bertz CT molecular complexity index is 1140. The average molecular weight is 450 g/mol. The van der Waals surface area contributed by atoms with Gasteiger partial charge in [-0.25, -0.2) is 13.4 Å². The van der Waals surface area contributed by atoms with E-state index in [1.54, 1.807) is 37.4 Å². The summed E-state index contributed by atoms with van der Waals surface area (Å²) < 4.78 is 26.6. The molecule has 3 aromatic rings. The van der Waals surface area contributed by atoms with Crippen molar-refractivity contribution >= 4 is 44.0 Å². The van der Waals surface area contributed by atoms with Crippen LogP contribution in [-0.4, -0.2) is 36.7 Å². The van der Waals surface area contributed by atoms with Crippen LogP contribution >= 0.6 is 22.9 Å². The first-order chi connectivity index (χ1) is 13.7. The molecule has 0 radical (unpaired) electrons. The number of nitrogens with one attached hydrogen (secondary N) is 1. The Morgan fingerprint density at radius 2 is 1.90 bits per heavy atom. The minimum absolute atomic E-state index is 0.0669. The molecular formula is C20H20ClN3O3S2. The maximum absolute atomic E-state index is 12.7. The van der Waals surface area contributed by atoms with Crippen molar-refractivity contribution in [1.82, 2.24) is 9.29 Å². The minimum Gasteiger partial charge on any atom is -0.298 e. The molecule has 0 aliphatic rings. The fraction of sp³-hybridized carbons (Fsp3) is 0.200. The molecule has 152 valence electrons. The van der Waals surface area contributed by atoms with Gasteiger partial charge in [-0.1, -0.05) is 35.9 Å². The maximum atomic E-state index is 12.7. The normalized spacial score (nSPS) is 11.8. The molecule has 9 heteroatoms. The summed E-state index contributed by atoms with van der Waals surface area (Å²) in [4.78, 5) is 17.1. The highest BCUT2D eigenvalue weighted by molar-refractivity contribution is 7.89. The topological polar surface area (TPSA) is 79.4 Å². The quantitative estimate of drug-likeness (QED) is 0.589. The minimum atomic E-state index is -3.68. The van der Waals surface area contributed by atoms with Crippen molar-refractivity contribution in [2.24, 2.45) is 0 Å². The van der Waals surface area contributed by atoms with Gasteiger partial charge in [0.2, 0.25) is 10.0 Å². The van der Waals surface area contributed by atoms with E-state index in [-0.39, 0.29) is 16.5 Å². The first-order valence-corrected chi connectivity index (χ1v) is 11.5. The van der Waals surface area contributed by atoms with Gasteiger partial charge in [0.25, 0.3) is 5.91 Å². The molecule has 1 aromatic heterocycles. The van der Waals surface area contributed by atoms with Crippen LogP contribution in [0.1, 0.15) is 24.2 Å². The van der Waals surface area contributed by atoms with Crippen molar-refractivity contribution in [3.8, 4) is 11.3 Å². The first-order valence-electron chi connectivity index (χ1n) is 8.80. The molecule has 0 saturated carbocycles. The zero-order chi connectivity index (χ0) is 21.2. The Morgan fingerprint density at radius 3 is 2.59 bits per heavy atom. The Hall–Kier alpha value is -2.26. The smallest absolute Gasteiger partial charge is 0.257 e. The summed E-state index contributed by atoms with van der Waals surface area (Å²) >= 11 is 7.46. The third-order valence-corrected chi connectivity index (χ3v) is 7.49. The van der Waals surface area contributed by atoms with E-state index in [4.69, 9.17) is 11.6 Å². The molecule has 0 spiro atoms. The molecule has 0 atom stereocenters. The highest BCUT2D eigenvalue weighted by Crippen LogP contribution is 2.30. The lowest BCUT2D eigenvalue weighted by Crippen LogP contribution is -2.33. The van der Waals surface area contributed by atoms with E-state index in [1.807, 2.05) is 18.2 Å². The van der Waals surface area contributed by atoms with E-state index in [1.165, 1.54) is 34.8 Å². The van der Waals surface area contributed by atoms with Crippen molar-refractivity contribution in [3.63, 3.8) is 0 Å². The number of halogens is 1. The molecule has 0 saturated heterocycles. The molecule has 0 fully saturated rings. The van der Waals surface area contributed by atoms with E-state index in [0.717, 1.165) is 5.56 Å². The molecule has 29 heavy (non-hydrogen) atoms. The molecule has 0 unspecified atom stereocenters. The number of amides is 1. The van der Waals surface area contributed by atoms with Gasteiger partial charge in [0.05, 0.1) is 10.6 Å². The lowest BCUT2D eigenvalue weighted by atomic mass is 10.2. The van der Waals surface area contributed by atoms with Gasteiger partial charge in [-0.2, -0.15) is 4.31 Å². The predicted octanol–water partition coefficient (Wildman–Crippen LogP) is 4.74. The second kappa shape index (κ2) is 8.62.